The fourth-order valence-corrected chi connectivity index (χ4v) is 3.42. The first-order valence-electron chi connectivity index (χ1n) is 10.0. The van der Waals surface area contributed by atoms with Crippen LogP contribution < -0.4 is 30.3 Å². The molecule has 0 bridgehead atoms. The molecule has 1 fully saturated rings. The lowest BCUT2D eigenvalue weighted by atomic mass is 9.96. The predicted molar refractivity (Wildman–Crippen MR) is 106 cm³/mol. The van der Waals surface area contributed by atoms with Crippen molar-refractivity contribution in [2.45, 2.75) is 26.7 Å². The normalized spacial score (nSPS) is 20.2. The summed E-state index contributed by atoms with van der Waals surface area (Å²) in [6.07, 6.45) is 1.39. The molecule has 0 aliphatic carbocycles. The van der Waals surface area contributed by atoms with Crippen molar-refractivity contribution in [1.82, 2.24) is 10.6 Å². The number of likely N-dealkylation sites (tertiary alicyclic amines) is 1. The smallest absolute Gasteiger partial charge is 0.321 e. The highest BCUT2D eigenvalue weighted by Gasteiger charge is 2.29. The van der Waals surface area contributed by atoms with Gasteiger partial charge in [-0.05, 0) is 18.1 Å². The number of anilines is 1. The lowest BCUT2D eigenvalue weighted by Crippen LogP contribution is -3.14. The maximum atomic E-state index is 12.5. The van der Waals surface area contributed by atoms with E-state index in [0.717, 1.165) is 4.90 Å². The van der Waals surface area contributed by atoms with Crippen LogP contribution in [0.15, 0.2) is 18.2 Å². The summed E-state index contributed by atoms with van der Waals surface area (Å²) in [7, 11) is 0. The number of carbonyl (C=O) groups excluding carboxylic acids is 3. The molecule has 0 radical (unpaired) electrons. The summed E-state index contributed by atoms with van der Waals surface area (Å²) < 4.78 is 10.6. The van der Waals surface area contributed by atoms with Gasteiger partial charge in [-0.15, -0.1) is 0 Å². The van der Waals surface area contributed by atoms with Crippen LogP contribution in [0.4, 0.5) is 10.5 Å². The van der Waals surface area contributed by atoms with Gasteiger partial charge in [0.25, 0.3) is 5.91 Å². The molecular formula is C20H29N4O5+. The van der Waals surface area contributed by atoms with Crippen molar-refractivity contribution in [1.29, 1.82) is 0 Å². The molecule has 2 aliphatic rings. The highest BCUT2D eigenvalue weighted by molar-refractivity contribution is 5.95. The van der Waals surface area contributed by atoms with E-state index in [1.165, 1.54) is 0 Å². The number of imide groups is 1. The van der Waals surface area contributed by atoms with Crippen LogP contribution >= 0.6 is 0 Å². The Labute approximate surface area is 170 Å². The molecule has 0 saturated carbocycles. The van der Waals surface area contributed by atoms with E-state index in [1.54, 1.807) is 18.2 Å². The first-order chi connectivity index (χ1) is 13.9. The minimum Gasteiger partial charge on any atom is -0.454 e. The molecule has 0 atom stereocenters. The number of hydrogen-bond donors (Lipinski definition) is 4. The van der Waals surface area contributed by atoms with E-state index >= 15 is 0 Å². The average molecular weight is 405 g/mol. The summed E-state index contributed by atoms with van der Waals surface area (Å²) in [6, 6.07) is 4.87. The van der Waals surface area contributed by atoms with Gasteiger partial charge in [-0.1, -0.05) is 13.8 Å². The Bertz CT molecular complexity index is 759. The van der Waals surface area contributed by atoms with Crippen molar-refractivity contribution < 1.29 is 28.8 Å². The van der Waals surface area contributed by atoms with Crippen molar-refractivity contribution in [2.75, 3.05) is 38.3 Å². The summed E-state index contributed by atoms with van der Waals surface area (Å²) in [5, 5.41) is 7.95. The van der Waals surface area contributed by atoms with Crippen LogP contribution in [0.1, 0.15) is 26.7 Å². The average Bonchev–Trinajstić information content (AvgIpc) is 3.14. The third kappa shape index (κ3) is 6.08. The lowest BCUT2D eigenvalue weighted by Gasteiger charge is -2.28. The third-order valence-corrected chi connectivity index (χ3v) is 5.04. The van der Waals surface area contributed by atoms with Crippen LogP contribution in [-0.4, -0.2) is 50.8 Å². The number of piperidine rings is 1. The first-order valence-corrected chi connectivity index (χ1v) is 10.0. The molecule has 9 heteroatoms. The minimum atomic E-state index is -0.457. The molecule has 0 aromatic heterocycles. The van der Waals surface area contributed by atoms with Crippen LogP contribution in [0, 0.1) is 11.8 Å². The molecule has 1 saturated heterocycles. The monoisotopic (exact) mass is 405 g/mol. The summed E-state index contributed by atoms with van der Waals surface area (Å²) in [5.74, 6) is 1.21. The highest BCUT2D eigenvalue weighted by Crippen LogP contribution is 2.34. The van der Waals surface area contributed by atoms with Crippen molar-refractivity contribution >= 4 is 23.5 Å². The summed E-state index contributed by atoms with van der Waals surface area (Å²) in [5.41, 5.74) is 0.681. The number of quaternary nitrogens is 1. The quantitative estimate of drug-likeness (QED) is 0.538. The second kappa shape index (κ2) is 9.60. The van der Waals surface area contributed by atoms with Crippen LogP contribution in [0.5, 0.6) is 11.5 Å². The summed E-state index contributed by atoms with van der Waals surface area (Å²) in [6.45, 7) is 6.33. The number of nitrogens with one attached hydrogen (secondary N) is 4. The fraction of sp³-hybridized carbons (Fsp3) is 0.550. The van der Waals surface area contributed by atoms with Crippen molar-refractivity contribution in [3.8, 4) is 11.5 Å². The van der Waals surface area contributed by atoms with E-state index in [2.05, 4.69) is 16.0 Å². The zero-order valence-electron chi connectivity index (χ0n) is 16.9. The van der Waals surface area contributed by atoms with Crippen molar-refractivity contribution in [3.63, 3.8) is 0 Å². The van der Waals surface area contributed by atoms with Gasteiger partial charge in [0.15, 0.2) is 18.0 Å². The zero-order valence-corrected chi connectivity index (χ0v) is 16.9. The Hall–Kier alpha value is -2.81. The van der Waals surface area contributed by atoms with Crippen molar-refractivity contribution in [2.24, 2.45) is 11.8 Å². The topological polar surface area (TPSA) is 110 Å². The molecule has 0 spiro atoms. The number of benzene rings is 1. The minimum absolute atomic E-state index is 0.0274. The molecule has 3 rings (SSSR count). The molecule has 0 unspecified atom stereocenters. The standard InChI is InChI=1S/C20H28N4O5/c1-13(2)10-21-20(27)23-18(25)11-24-7-5-14(6-8-24)19(26)22-15-3-4-16-17(9-15)29-12-28-16/h3-4,9,13-14H,5-8,10-12H2,1-2H3,(H,22,26)(H2,21,23,25,27)/p+1. The predicted octanol–water partition coefficient (Wildman–Crippen LogP) is 0.131. The molecule has 9 nitrogen and oxygen atoms in total. The van der Waals surface area contributed by atoms with E-state index in [4.69, 9.17) is 9.47 Å². The zero-order chi connectivity index (χ0) is 20.8. The van der Waals surface area contributed by atoms with Gasteiger partial charge in [0.05, 0.1) is 13.1 Å². The number of carbonyl (C=O) groups is 3. The van der Waals surface area contributed by atoms with Gasteiger partial charge in [0, 0.05) is 37.1 Å². The van der Waals surface area contributed by atoms with Gasteiger partial charge in [-0.2, -0.15) is 0 Å². The van der Waals surface area contributed by atoms with Gasteiger partial charge >= 0.3 is 6.03 Å². The molecule has 4 N–H and O–H groups in total. The van der Waals surface area contributed by atoms with Gasteiger partial charge in [0.1, 0.15) is 0 Å². The Morgan fingerprint density at radius 1 is 1.14 bits per heavy atom. The first kappa shape index (κ1) is 20.9. The summed E-state index contributed by atoms with van der Waals surface area (Å²) >= 11 is 0. The number of hydrogen-bond acceptors (Lipinski definition) is 5. The molecule has 2 aliphatic heterocycles. The number of amides is 4. The third-order valence-electron chi connectivity index (χ3n) is 5.04. The van der Waals surface area contributed by atoms with E-state index < -0.39 is 6.03 Å². The van der Waals surface area contributed by atoms with Gasteiger partial charge in [-0.3, -0.25) is 14.9 Å². The number of urea groups is 1. The molecule has 2 heterocycles. The molecule has 158 valence electrons. The second-order valence-corrected chi connectivity index (χ2v) is 7.91. The number of ether oxygens (including phenoxy) is 2. The SMILES string of the molecule is CC(C)CNC(=O)NC(=O)C[NH+]1CCC(C(=O)Nc2ccc3c(c2)OCO3)CC1. The van der Waals surface area contributed by atoms with Crippen LogP contribution in [0.25, 0.3) is 0 Å². The van der Waals surface area contributed by atoms with Gasteiger partial charge < -0.3 is 25.0 Å². The maximum Gasteiger partial charge on any atom is 0.321 e. The maximum absolute atomic E-state index is 12.5. The Morgan fingerprint density at radius 3 is 2.59 bits per heavy atom. The van der Waals surface area contributed by atoms with E-state index in [0.29, 0.717) is 55.6 Å². The molecular weight excluding hydrogens is 376 g/mol. The van der Waals surface area contributed by atoms with E-state index in [9.17, 15) is 14.4 Å². The highest BCUT2D eigenvalue weighted by atomic mass is 16.7. The van der Waals surface area contributed by atoms with Gasteiger partial charge in [-0.25, -0.2) is 4.79 Å². The molecule has 1 aromatic carbocycles. The Morgan fingerprint density at radius 2 is 1.86 bits per heavy atom. The Kier molecular flexibility index (Phi) is 6.92. The lowest BCUT2D eigenvalue weighted by molar-refractivity contribution is -0.897. The largest absolute Gasteiger partial charge is 0.454 e. The van der Waals surface area contributed by atoms with E-state index in [-0.39, 0.29) is 31.1 Å². The number of rotatable bonds is 6. The van der Waals surface area contributed by atoms with Crippen molar-refractivity contribution in [3.05, 3.63) is 18.2 Å². The second-order valence-electron chi connectivity index (χ2n) is 7.91. The fourth-order valence-electron chi connectivity index (χ4n) is 3.42. The van der Waals surface area contributed by atoms with Crippen LogP contribution in [0.3, 0.4) is 0 Å². The van der Waals surface area contributed by atoms with Crippen LogP contribution in [-0.2, 0) is 9.59 Å². The molecule has 4 amide bonds. The summed E-state index contributed by atoms with van der Waals surface area (Å²) in [4.78, 5) is 37.3. The van der Waals surface area contributed by atoms with Crippen LogP contribution in [0.2, 0.25) is 0 Å². The molecule has 29 heavy (non-hydrogen) atoms. The number of fused-ring (bicyclic) bond motifs is 1. The molecule has 1 aromatic rings. The van der Waals surface area contributed by atoms with Gasteiger partial charge in [0.2, 0.25) is 12.7 Å². The van der Waals surface area contributed by atoms with E-state index in [1.807, 2.05) is 13.8 Å². The Balaban J connectivity index is 1.39.